The van der Waals surface area contributed by atoms with Crippen LogP contribution in [0.4, 0.5) is 0 Å². The molecule has 0 radical (unpaired) electrons. The molecule has 0 fully saturated rings. The molecule has 0 aliphatic heterocycles. The Balaban J connectivity index is 3.25. The SMILES string of the molecule is Clc1ccccscc(Br)c1. The second-order valence-electron chi connectivity index (χ2n) is 1.86. The number of halogens is 2. The van der Waals surface area contributed by atoms with Crippen LogP contribution < -0.4 is 0 Å². The van der Waals surface area contributed by atoms with Crippen LogP contribution in [0.25, 0.3) is 0 Å². The highest BCUT2D eigenvalue weighted by Gasteiger charge is 1.81. The maximum atomic E-state index is 5.82. The summed E-state index contributed by atoms with van der Waals surface area (Å²) in [4.78, 5) is 0. The Morgan fingerprint density at radius 3 is 3.00 bits per heavy atom. The lowest BCUT2D eigenvalue weighted by molar-refractivity contribution is 1.77. The predicted molar refractivity (Wildman–Crippen MR) is 54.7 cm³/mol. The molecule has 1 aromatic heterocycles. The molecule has 0 aromatic carbocycles. The minimum atomic E-state index is 0.722. The minimum Gasteiger partial charge on any atom is -0.151 e. The topological polar surface area (TPSA) is 0 Å². The number of hydrogen-bond acceptors (Lipinski definition) is 1. The van der Waals surface area contributed by atoms with Crippen LogP contribution in [-0.4, -0.2) is 0 Å². The van der Waals surface area contributed by atoms with E-state index < -0.39 is 0 Å². The molecule has 0 atom stereocenters. The average molecular weight is 250 g/mol. The van der Waals surface area contributed by atoms with Crippen LogP contribution in [0.1, 0.15) is 0 Å². The second kappa shape index (κ2) is 4.75. The first-order valence-corrected chi connectivity index (χ1v) is 5.12. The van der Waals surface area contributed by atoms with Crippen LogP contribution in [0.15, 0.2) is 39.5 Å². The summed E-state index contributed by atoms with van der Waals surface area (Å²) in [6.45, 7) is 0. The molecule has 0 spiro atoms. The lowest BCUT2D eigenvalue weighted by Gasteiger charge is -1.80. The van der Waals surface area contributed by atoms with E-state index in [2.05, 4.69) is 15.9 Å². The average Bonchev–Trinajstić information content (AvgIpc) is 2.02. The highest BCUT2D eigenvalue weighted by molar-refractivity contribution is 9.10. The van der Waals surface area contributed by atoms with Crippen LogP contribution in [0.2, 0.25) is 5.02 Å². The third kappa shape index (κ3) is 3.75. The van der Waals surface area contributed by atoms with Crippen LogP contribution >= 0.6 is 38.9 Å². The van der Waals surface area contributed by atoms with Gasteiger partial charge in [0.05, 0.1) is 0 Å². The molecule has 1 heterocycles. The molecule has 3 heteroatoms. The zero-order valence-electron chi connectivity index (χ0n) is 5.63. The van der Waals surface area contributed by atoms with E-state index in [1.807, 2.05) is 35.0 Å². The van der Waals surface area contributed by atoms with Gasteiger partial charge in [-0.25, -0.2) is 0 Å². The summed E-state index contributed by atoms with van der Waals surface area (Å²) in [5, 5.41) is 4.69. The Hall–Kier alpha value is -0.0500. The third-order valence-corrected chi connectivity index (χ3v) is 2.68. The van der Waals surface area contributed by atoms with Crippen LogP contribution in [-0.2, 0) is 0 Å². The van der Waals surface area contributed by atoms with Crippen LogP contribution in [0, 0.1) is 0 Å². The van der Waals surface area contributed by atoms with Crippen molar-refractivity contribution in [2.75, 3.05) is 0 Å². The Morgan fingerprint density at radius 1 is 1.36 bits per heavy atom. The monoisotopic (exact) mass is 248 g/mol. The van der Waals surface area contributed by atoms with Gasteiger partial charge in [-0.3, -0.25) is 0 Å². The molecule has 11 heavy (non-hydrogen) atoms. The highest BCUT2D eigenvalue weighted by atomic mass is 79.9. The third-order valence-electron chi connectivity index (χ3n) is 0.980. The molecule has 0 aliphatic carbocycles. The fourth-order valence-corrected chi connectivity index (χ4v) is 1.91. The fourth-order valence-electron chi connectivity index (χ4n) is 0.556. The summed E-state index contributed by atoms with van der Waals surface area (Å²) >= 11 is 10.8. The van der Waals surface area contributed by atoms with Gasteiger partial charge in [-0.1, -0.05) is 23.7 Å². The molecule has 0 saturated carbocycles. The normalized spacial score (nSPS) is 8.91. The molecule has 1 rings (SSSR count). The predicted octanol–water partition coefficient (Wildman–Crippen LogP) is 4.29. The number of hydrogen-bond donors (Lipinski definition) is 0. The van der Waals surface area contributed by atoms with Crippen molar-refractivity contribution >= 4 is 38.9 Å². The zero-order chi connectivity index (χ0) is 8.10. The molecule has 58 valence electrons. The summed E-state index contributed by atoms with van der Waals surface area (Å²) in [6, 6.07) is 7.56. The zero-order valence-corrected chi connectivity index (χ0v) is 8.79. The van der Waals surface area contributed by atoms with Crippen molar-refractivity contribution in [2.24, 2.45) is 0 Å². The van der Waals surface area contributed by atoms with E-state index in [4.69, 9.17) is 11.6 Å². The van der Waals surface area contributed by atoms with Crippen LogP contribution in [0.3, 0.4) is 0 Å². The smallest absolute Gasteiger partial charge is 0.0417 e. The van der Waals surface area contributed by atoms with E-state index in [0.29, 0.717) is 0 Å². The Labute approximate surface area is 83.3 Å². The van der Waals surface area contributed by atoms with Crippen molar-refractivity contribution in [1.29, 1.82) is 0 Å². The Kier molecular flexibility index (Phi) is 3.91. The van der Waals surface area contributed by atoms with Gasteiger partial charge in [0.25, 0.3) is 0 Å². The summed E-state index contributed by atoms with van der Waals surface area (Å²) in [6.07, 6.45) is 0. The number of rotatable bonds is 0. The van der Waals surface area contributed by atoms with E-state index in [1.165, 1.54) is 0 Å². The van der Waals surface area contributed by atoms with Crippen molar-refractivity contribution in [2.45, 2.75) is 0 Å². The quantitative estimate of drug-likeness (QED) is 0.643. The van der Waals surface area contributed by atoms with Gasteiger partial charge in [0.15, 0.2) is 0 Å². The molecular weight excluding hydrogens is 244 g/mol. The molecule has 0 N–H and O–H groups in total. The maximum Gasteiger partial charge on any atom is 0.0417 e. The van der Waals surface area contributed by atoms with Gasteiger partial charge >= 0.3 is 0 Å². The first-order valence-electron chi connectivity index (χ1n) is 3.00. The molecule has 0 saturated heterocycles. The van der Waals surface area contributed by atoms with Crippen molar-refractivity contribution in [3.8, 4) is 0 Å². The van der Waals surface area contributed by atoms with Gasteiger partial charge in [-0.05, 0) is 33.4 Å². The molecule has 0 nitrogen and oxygen atoms in total. The molecule has 0 amide bonds. The van der Waals surface area contributed by atoms with Crippen molar-refractivity contribution in [3.05, 3.63) is 44.5 Å². The first-order chi connectivity index (χ1) is 5.29. The van der Waals surface area contributed by atoms with E-state index >= 15 is 0 Å². The van der Waals surface area contributed by atoms with Gasteiger partial charge in [0, 0.05) is 14.9 Å². The van der Waals surface area contributed by atoms with Gasteiger partial charge in [0.2, 0.25) is 0 Å². The summed E-state index contributed by atoms with van der Waals surface area (Å²) in [7, 11) is 0. The van der Waals surface area contributed by atoms with Gasteiger partial charge in [-0.15, -0.1) is 0 Å². The van der Waals surface area contributed by atoms with E-state index in [0.717, 1.165) is 9.50 Å². The van der Waals surface area contributed by atoms with E-state index in [-0.39, 0.29) is 0 Å². The molecule has 0 bridgehead atoms. The van der Waals surface area contributed by atoms with E-state index in [9.17, 15) is 0 Å². The Morgan fingerprint density at radius 2 is 2.18 bits per heavy atom. The van der Waals surface area contributed by atoms with Gasteiger partial charge in [0.1, 0.15) is 0 Å². The lowest BCUT2D eigenvalue weighted by Crippen LogP contribution is -1.53. The molecule has 0 aliphatic rings. The summed E-state index contributed by atoms with van der Waals surface area (Å²) in [5.74, 6) is 0. The van der Waals surface area contributed by atoms with Gasteiger partial charge < -0.3 is 0 Å². The first kappa shape index (κ1) is 9.04. The molecule has 1 aromatic rings. The largest absolute Gasteiger partial charge is 0.151 e. The maximum absolute atomic E-state index is 5.82. The van der Waals surface area contributed by atoms with Crippen molar-refractivity contribution in [3.63, 3.8) is 0 Å². The summed E-state index contributed by atoms with van der Waals surface area (Å²) in [5.41, 5.74) is 0. The lowest BCUT2D eigenvalue weighted by atomic mass is 10.5. The second-order valence-corrected chi connectivity index (χ2v) is 3.99. The standard InChI is InChI=1S/C8H6BrClS/c9-7-5-8(10)3-1-2-4-11-6-7/h1-6H. The highest BCUT2D eigenvalue weighted by Crippen LogP contribution is 2.13. The molecular formula is C8H6BrClS. The van der Waals surface area contributed by atoms with E-state index in [1.54, 1.807) is 11.3 Å². The summed E-state index contributed by atoms with van der Waals surface area (Å²) < 4.78 is 0.990. The fraction of sp³-hybridized carbons (Fsp3) is 0. The van der Waals surface area contributed by atoms with Gasteiger partial charge in [-0.2, -0.15) is 11.3 Å². The minimum absolute atomic E-state index is 0.722. The molecule has 0 unspecified atom stereocenters. The van der Waals surface area contributed by atoms with Crippen molar-refractivity contribution in [1.82, 2.24) is 0 Å². The Bertz CT molecular complexity index is 254. The van der Waals surface area contributed by atoms with Crippen molar-refractivity contribution < 1.29 is 0 Å². The van der Waals surface area contributed by atoms with Crippen LogP contribution in [0.5, 0.6) is 0 Å².